The van der Waals surface area contributed by atoms with Crippen LogP contribution in [0.3, 0.4) is 0 Å². The van der Waals surface area contributed by atoms with Crippen LogP contribution < -0.4 is 0 Å². The normalized spacial score (nSPS) is 15.7. The average molecular weight is 338 g/mol. The molecule has 3 aromatic rings. The van der Waals surface area contributed by atoms with Gasteiger partial charge in [-0.25, -0.2) is 0 Å². The van der Waals surface area contributed by atoms with Crippen molar-refractivity contribution >= 4 is 34.3 Å². The lowest BCUT2D eigenvalue weighted by atomic mass is 10.0. The summed E-state index contributed by atoms with van der Waals surface area (Å²) in [6.45, 7) is 4.20. The Hall–Kier alpha value is -2.10. The van der Waals surface area contributed by atoms with Gasteiger partial charge in [0.25, 0.3) is 0 Å². The summed E-state index contributed by atoms with van der Waals surface area (Å²) in [6, 6.07) is 10.3. The summed E-state index contributed by atoms with van der Waals surface area (Å²) in [5, 5.41) is 2.08. The maximum Gasteiger partial charge on any atom is 0.0529 e. The van der Waals surface area contributed by atoms with E-state index >= 15 is 0 Å². The Kier molecular flexibility index (Phi) is 3.91. The van der Waals surface area contributed by atoms with Gasteiger partial charge in [-0.1, -0.05) is 11.6 Å². The van der Waals surface area contributed by atoms with Crippen molar-refractivity contribution in [2.24, 2.45) is 0 Å². The van der Waals surface area contributed by atoms with Gasteiger partial charge in [0.15, 0.2) is 0 Å². The summed E-state index contributed by atoms with van der Waals surface area (Å²) in [4.78, 5) is 6.48. The Morgan fingerprint density at radius 2 is 2.00 bits per heavy atom. The third-order valence-electron chi connectivity index (χ3n) is 4.80. The maximum atomic E-state index is 6.26. The van der Waals surface area contributed by atoms with Crippen LogP contribution in [0, 0.1) is 0 Å². The van der Waals surface area contributed by atoms with E-state index in [9.17, 15) is 0 Å². The van der Waals surface area contributed by atoms with E-state index in [0.717, 1.165) is 24.5 Å². The molecule has 0 saturated heterocycles. The molecule has 4 rings (SSSR count). The SMILES string of the molecule is CC(=Cn1c2c(c3cc(Cl)ccc31)CCN(C)C2)c1ccncc1. The van der Waals surface area contributed by atoms with Crippen molar-refractivity contribution in [3.8, 4) is 0 Å². The predicted molar refractivity (Wildman–Crippen MR) is 101 cm³/mol. The first-order valence-electron chi connectivity index (χ1n) is 8.22. The second kappa shape index (κ2) is 6.08. The van der Waals surface area contributed by atoms with E-state index in [-0.39, 0.29) is 0 Å². The van der Waals surface area contributed by atoms with Gasteiger partial charge < -0.3 is 9.47 Å². The number of fused-ring (bicyclic) bond motifs is 3. The molecule has 1 aromatic carbocycles. The summed E-state index contributed by atoms with van der Waals surface area (Å²) in [7, 11) is 2.18. The van der Waals surface area contributed by atoms with E-state index in [0.29, 0.717) is 0 Å². The Balaban J connectivity index is 1.93. The molecule has 0 amide bonds. The molecule has 1 aliphatic heterocycles. The van der Waals surface area contributed by atoms with Crippen LogP contribution >= 0.6 is 11.6 Å². The van der Waals surface area contributed by atoms with Gasteiger partial charge in [0.2, 0.25) is 0 Å². The highest BCUT2D eigenvalue weighted by molar-refractivity contribution is 6.31. The molecule has 0 aliphatic carbocycles. The number of pyridine rings is 1. The quantitative estimate of drug-likeness (QED) is 0.676. The molecule has 4 heteroatoms. The molecule has 0 spiro atoms. The van der Waals surface area contributed by atoms with Gasteiger partial charge in [0, 0.05) is 47.8 Å². The lowest BCUT2D eigenvalue weighted by Crippen LogP contribution is -2.27. The van der Waals surface area contributed by atoms with Crippen LogP contribution in [0.15, 0.2) is 42.7 Å². The molecular weight excluding hydrogens is 318 g/mol. The number of benzene rings is 1. The zero-order valence-corrected chi connectivity index (χ0v) is 14.7. The molecule has 0 atom stereocenters. The second-order valence-electron chi connectivity index (χ2n) is 6.49. The minimum absolute atomic E-state index is 0.802. The van der Waals surface area contributed by atoms with E-state index in [2.05, 4.69) is 46.8 Å². The highest BCUT2D eigenvalue weighted by Gasteiger charge is 2.21. The Morgan fingerprint density at radius 3 is 2.79 bits per heavy atom. The molecule has 2 aromatic heterocycles. The zero-order chi connectivity index (χ0) is 16.7. The largest absolute Gasteiger partial charge is 0.318 e. The summed E-state index contributed by atoms with van der Waals surface area (Å²) in [6.07, 6.45) is 6.98. The minimum Gasteiger partial charge on any atom is -0.318 e. The number of halogens is 1. The molecular formula is C20H20ClN3. The molecule has 0 fully saturated rings. The minimum atomic E-state index is 0.802. The van der Waals surface area contributed by atoms with Gasteiger partial charge in [-0.05, 0) is 67.4 Å². The van der Waals surface area contributed by atoms with Crippen LogP contribution in [0.4, 0.5) is 0 Å². The third kappa shape index (κ3) is 2.64. The Labute approximate surface area is 147 Å². The number of hydrogen-bond acceptors (Lipinski definition) is 2. The lowest BCUT2D eigenvalue weighted by molar-refractivity contribution is 0.308. The van der Waals surface area contributed by atoms with Crippen LogP contribution in [0.1, 0.15) is 23.7 Å². The first-order valence-corrected chi connectivity index (χ1v) is 8.60. The maximum absolute atomic E-state index is 6.26. The van der Waals surface area contributed by atoms with Gasteiger partial charge in [0.05, 0.1) is 5.52 Å². The fourth-order valence-electron chi connectivity index (χ4n) is 3.52. The fourth-order valence-corrected chi connectivity index (χ4v) is 3.70. The van der Waals surface area contributed by atoms with Gasteiger partial charge in [-0.15, -0.1) is 0 Å². The molecule has 1 aliphatic rings. The Bertz CT molecular complexity index is 925. The average Bonchev–Trinajstić information content (AvgIpc) is 2.88. The van der Waals surface area contributed by atoms with Crippen LogP contribution in [0.2, 0.25) is 5.02 Å². The van der Waals surface area contributed by atoms with Gasteiger partial charge >= 0.3 is 0 Å². The number of nitrogens with zero attached hydrogens (tertiary/aromatic N) is 3. The summed E-state index contributed by atoms with van der Waals surface area (Å²) in [5.74, 6) is 0. The highest BCUT2D eigenvalue weighted by Crippen LogP contribution is 2.33. The van der Waals surface area contributed by atoms with Crippen LogP contribution in [-0.4, -0.2) is 28.0 Å². The van der Waals surface area contributed by atoms with E-state index in [4.69, 9.17) is 11.6 Å². The first kappa shape index (κ1) is 15.4. The monoisotopic (exact) mass is 337 g/mol. The number of aromatic nitrogens is 2. The van der Waals surface area contributed by atoms with Crippen LogP contribution in [0.5, 0.6) is 0 Å². The van der Waals surface area contributed by atoms with E-state index < -0.39 is 0 Å². The van der Waals surface area contributed by atoms with E-state index in [1.54, 1.807) is 0 Å². The smallest absolute Gasteiger partial charge is 0.0529 e. The number of hydrogen-bond donors (Lipinski definition) is 0. The van der Waals surface area contributed by atoms with Crippen molar-refractivity contribution in [2.75, 3.05) is 13.6 Å². The zero-order valence-electron chi connectivity index (χ0n) is 14.0. The number of likely N-dealkylation sites (N-methyl/N-ethyl adjacent to an activating group) is 1. The van der Waals surface area contributed by atoms with Gasteiger partial charge in [-0.2, -0.15) is 0 Å². The fraction of sp³-hybridized carbons (Fsp3) is 0.250. The molecule has 3 heterocycles. The standard InChI is InChI=1S/C20H20ClN3/c1-14(15-5-8-22-9-6-15)12-24-19-4-3-16(21)11-18(19)17-7-10-23(2)13-20(17)24/h3-6,8-9,11-12H,7,10,13H2,1-2H3. The van der Waals surface area contributed by atoms with Crippen molar-refractivity contribution in [1.82, 2.24) is 14.5 Å². The van der Waals surface area contributed by atoms with Gasteiger partial charge in [-0.3, -0.25) is 4.98 Å². The van der Waals surface area contributed by atoms with E-state index in [1.807, 2.05) is 30.6 Å². The summed E-state index contributed by atoms with van der Waals surface area (Å²) >= 11 is 6.26. The molecule has 122 valence electrons. The molecule has 0 radical (unpaired) electrons. The topological polar surface area (TPSA) is 21.1 Å². The number of rotatable bonds is 2. The molecule has 0 N–H and O–H groups in total. The highest BCUT2D eigenvalue weighted by atomic mass is 35.5. The number of allylic oxidation sites excluding steroid dienone is 1. The first-order chi connectivity index (χ1) is 11.6. The predicted octanol–water partition coefficient (Wildman–Crippen LogP) is 4.70. The molecule has 0 saturated carbocycles. The third-order valence-corrected chi connectivity index (χ3v) is 5.04. The van der Waals surface area contributed by atoms with Gasteiger partial charge in [0.1, 0.15) is 0 Å². The molecule has 24 heavy (non-hydrogen) atoms. The summed E-state index contributed by atoms with van der Waals surface area (Å²) in [5.41, 5.74) is 6.45. The van der Waals surface area contributed by atoms with Crippen LogP contribution in [-0.2, 0) is 13.0 Å². The van der Waals surface area contributed by atoms with Crippen molar-refractivity contribution in [3.63, 3.8) is 0 Å². The van der Waals surface area contributed by atoms with E-state index in [1.165, 1.54) is 33.3 Å². The summed E-state index contributed by atoms with van der Waals surface area (Å²) < 4.78 is 2.34. The van der Waals surface area contributed by atoms with Crippen molar-refractivity contribution < 1.29 is 0 Å². The van der Waals surface area contributed by atoms with Crippen LogP contribution in [0.25, 0.3) is 22.7 Å². The van der Waals surface area contributed by atoms with Crippen molar-refractivity contribution in [1.29, 1.82) is 0 Å². The molecule has 0 bridgehead atoms. The van der Waals surface area contributed by atoms with Crippen molar-refractivity contribution in [2.45, 2.75) is 19.9 Å². The lowest BCUT2D eigenvalue weighted by Gasteiger charge is -2.24. The second-order valence-corrected chi connectivity index (χ2v) is 6.93. The molecule has 3 nitrogen and oxygen atoms in total. The Morgan fingerprint density at radius 1 is 1.21 bits per heavy atom. The molecule has 0 unspecified atom stereocenters. The van der Waals surface area contributed by atoms with Crippen molar-refractivity contribution in [3.05, 3.63) is 64.6 Å².